The summed E-state index contributed by atoms with van der Waals surface area (Å²) in [5.41, 5.74) is 0. The van der Waals surface area contributed by atoms with Gasteiger partial charge in [0.15, 0.2) is 0 Å². The number of nitrogens with one attached hydrogen (secondary N) is 1. The third-order valence-corrected chi connectivity index (χ3v) is 5.31. The Labute approximate surface area is 124 Å². The van der Waals surface area contributed by atoms with Crippen molar-refractivity contribution in [2.75, 3.05) is 39.5 Å². The summed E-state index contributed by atoms with van der Waals surface area (Å²) in [5.74, 6) is 0. The Morgan fingerprint density at radius 3 is 2.71 bits per heavy atom. The number of ether oxygens (including phenoxy) is 2. The number of nitrogens with zero attached hydrogens (tertiary/aromatic N) is 3. The molecule has 118 valence electrons. The molecule has 2 aliphatic rings. The van der Waals surface area contributed by atoms with Crippen LogP contribution in [0.5, 0.6) is 0 Å². The standard InChI is InChI=1S/C12H20N4O4S/c1-15-7-10(6-13-15)21(17,18)14-11-8-20-9-12(11)16-2-4-19-5-3-16/h6-7,11-12,14H,2-5,8-9H2,1H3/t11-,12-/m0/s1. The molecule has 0 bridgehead atoms. The smallest absolute Gasteiger partial charge is 0.244 e. The third-order valence-electron chi connectivity index (χ3n) is 3.86. The van der Waals surface area contributed by atoms with E-state index in [0.29, 0.717) is 26.4 Å². The lowest BCUT2D eigenvalue weighted by Gasteiger charge is -2.34. The van der Waals surface area contributed by atoms with E-state index >= 15 is 0 Å². The molecule has 3 heterocycles. The summed E-state index contributed by atoms with van der Waals surface area (Å²) < 4.78 is 39.8. The lowest BCUT2D eigenvalue weighted by Crippen LogP contribution is -2.54. The molecule has 21 heavy (non-hydrogen) atoms. The molecule has 1 aromatic heterocycles. The summed E-state index contributed by atoms with van der Waals surface area (Å²) in [6, 6.07) is -0.186. The summed E-state index contributed by atoms with van der Waals surface area (Å²) in [5, 5.41) is 3.91. The monoisotopic (exact) mass is 316 g/mol. The Bertz CT molecular complexity index is 582. The van der Waals surface area contributed by atoms with Crippen LogP contribution in [0.2, 0.25) is 0 Å². The predicted octanol–water partition coefficient (Wildman–Crippen LogP) is -1.20. The van der Waals surface area contributed by atoms with E-state index in [2.05, 4.69) is 14.7 Å². The molecular formula is C12H20N4O4S. The quantitative estimate of drug-likeness (QED) is 0.751. The van der Waals surface area contributed by atoms with Gasteiger partial charge >= 0.3 is 0 Å². The zero-order valence-electron chi connectivity index (χ0n) is 11.9. The molecular weight excluding hydrogens is 296 g/mol. The van der Waals surface area contributed by atoms with Crippen LogP contribution in [0.1, 0.15) is 0 Å². The fourth-order valence-corrected chi connectivity index (χ4v) is 3.97. The first-order chi connectivity index (χ1) is 10.1. The Hall–Kier alpha value is -1.00. The van der Waals surface area contributed by atoms with E-state index in [1.807, 2.05) is 0 Å². The third kappa shape index (κ3) is 3.27. The number of morpholine rings is 1. The molecule has 2 aliphatic heterocycles. The van der Waals surface area contributed by atoms with E-state index in [1.165, 1.54) is 17.1 Å². The molecule has 0 spiro atoms. The minimum Gasteiger partial charge on any atom is -0.379 e. The van der Waals surface area contributed by atoms with Gasteiger partial charge in [0, 0.05) is 26.3 Å². The topological polar surface area (TPSA) is 85.7 Å². The molecule has 0 radical (unpaired) electrons. The molecule has 0 amide bonds. The van der Waals surface area contributed by atoms with Crippen LogP contribution in [-0.2, 0) is 26.5 Å². The second-order valence-electron chi connectivity index (χ2n) is 5.33. The maximum Gasteiger partial charge on any atom is 0.244 e. The molecule has 1 N–H and O–H groups in total. The minimum absolute atomic E-state index is 0.0559. The van der Waals surface area contributed by atoms with Crippen LogP contribution in [0.4, 0.5) is 0 Å². The average molecular weight is 316 g/mol. The Morgan fingerprint density at radius 1 is 1.29 bits per heavy atom. The first kappa shape index (κ1) is 14.9. The van der Waals surface area contributed by atoms with Gasteiger partial charge in [0.25, 0.3) is 0 Å². The summed E-state index contributed by atoms with van der Waals surface area (Å²) in [6.07, 6.45) is 2.84. The van der Waals surface area contributed by atoms with E-state index in [-0.39, 0.29) is 17.0 Å². The van der Waals surface area contributed by atoms with Crippen molar-refractivity contribution in [3.63, 3.8) is 0 Å². The van der Waals surface area contributed by atoms with Crippen LogP contribution >= 0.6 is 0 Å². The lowest BCUT2D eigenvalue weighted by atomic mass is 10.1. The number of hydrogen-bond donors (Lipinski definition) is 1. The fraction of sp³-hybridized carbons (Fsp3) is 0.750. The van der Waals surface area contributed by atoms with Crippen LogP contribution in [0.15, 0.2) is 17.3 Å². The Kier molecular flexibility index (Phi) is 4.27. The Balaban J connectivity index is 1.70. The van der Waals surface area contributed by atoms with Crippen LogP contribution in [0.25, 0.3) is 0 Å². The molecule has 8 nitrogen and oxygen atoms in total. The normalized spacial score (nSPS) is 28.0. The predicted molar refractivity (Wildman–Crippen MR) is 74.3 cm³/mol. The Morgan fingerprint density at radius 2 is 2.05 bits per heavy atom. The molecule has 2 saturated heterocycles. The summed E-state index contributed by atoms with van der Waals surface area (Å²) in [6.45, 7) is 3.90. The fourth-order valence-electron chi connectivity index (χ4n) is 2.73. The number of rotatable bonds is 4. The molecule has 9 heteroatoms. The van der Waals surface area contributed by atoms with Crippen LogP contribution in [-0.4, -0.2) is 74.7 Å². The van der Waals surface area contributed by atoms with Gasteiger partial charge in [-0.15, -0.1) is 0 Å². The molecule has 0 saturated carbocycles. The van der Waals surface area contributed by atoms with Gasteiger partial charge in [0.2, 0.25) is 10.0 Å². The van der Waals surface area contributed by atoms with E-state index in [9.17, 15) is 8.42 Å². The van der Waals surface area contributed by atoms with Crippen molar-refractivity contribution in [3.8, 4) is 0 Å². The maximum absolute atomic E-state index is 12.4. The van der Waals surface area contributed by atoms with Gasteiger partial charge in [0.05, 0.1) is 44.7 Å². The van der Waals surface area contributed by atoms with E-state index in [0.717, 1.165) is 13.1 Å². The highest BCUT2D eigenvalue weighted by molar-refractivity contribution is 7.89. The zero-order valence-corrected chi connectivity index (χ0v) is 12.8. The second kappa shape index (κ2) is 6.01. The molecule has 2 fully saturated rings. The van der Waals surface area contributed by atoms with Gasteiger partial charge in [-0.2, -0.15) is 5.10 Å². The average Bonchev–Trinajstić information content (AvgIpc) is 3.09. The first-order valence-corrected chi connectivity index (χ1v) is 8.45. The molecule has 0 unspecified atom stereocenters. The molecule has 1 aromatic rings. The number of sulfonamides is 1. The van der Waals surface area contributed by atoms with Crippen molar-refractivity contribution in [2.24, 2.45) is 7.05 Å². The summed E-state index contributed by atoms with van der Waals surface area (Å²) >= 11 is 0. The van der Waals surface area contributed by atoms with E-state index in [4.69, 9.17) is 9.47 Å². The number of hydrogen-bond acceptors (Lipinski definition) is 6. The molecule has 0 aromatic carbocycles. The van der Waals surface area contributed by atoms with Crippen molar-refractivity contribution in [1.29, 1.82) is 0 Å². The van der Waals surface area contributed by atoms with E-state index in [1.54, 1.807) is 7.05 Å². The van der Waals surface area contributed by atoms with Gasteiger partial charge < -0.3 is 9.47 Å². The summed E-state index contributed by atoms with van der Waals surface area (Å²) in [4.78, 5) is 2.41. The zero-order chi connectivity index (χ0) is 14.9. The lowest BCUT2D eigenvalue weighted by molar-refractivity contribution is 0.0117. The largest absolute Gasteiger partial charge is 0.379 e. The van der Waals surface area contributed by atoms with Crippen molar-refractivity contribution < 1.29 is 17.9 Å². The van der Waals surface area contributed by atoms with Crippen molar-refractivity contribution in [3.05, 3.63) is 12.4 Å². The molecule has 3 rings (SSSR count). The van der Waals surface area contributed by atoms with Crippen LogP contribution in [0, 0.1) is 0 Å². The van der Waals surface area contributed by atoms with Gasteiger partial charge in [-0.05, 0) is 0 Å². The number of aromatic nitrogens is 2. The van der Waals surface area contributed by atoms with Crippen molar-refractivity contribution >= 4 is 10.0 Å². The van der Waals surface area contributed by atoms with Crippen LogP contribution in [0.3, 0.4) is 0 Å². The molecule has 0 aliphatic carbocycles. The highest BCUT2D eigenvalue weighted by atomic mass is 32.2. The summed E-state index contributed by atoms with van der Waals surface area (Å²) in [7, 11) is -1.88. The van der Waals surface area contributed by atoms with Crippen molar-refractivity contribution in [2.45, 2.75) is 17.0 Å². The van der Waals surface area contributed by atoms with Gasteiger partial charge in [-0.3, -0.25) is 9.58 Å². The van der Waals surface area contributed by atoms with E-state index < -0.39 is 10.0 Å². The van der Waals surface area contributed by atoms with Gasteiger partial charge in [-0.25, -0.2) is 13.1 Å². The first-order valence-electron chi connectivity index (χ1n) is 6.97. The maximum atomic E-state index is 12.4. The SMILES string of the molecule is Cn1cc(S(=O)(=O)N[C@H]2COC[C@@H]2N2CCOCC2)cn1. The number of aryl methyl sites for hydroxylation is 1. The highest BCUT2D eigenvalue weighted by Gasteiger charge is 2.36. The molecule has 2 atom stereocenters. The van der Waals surface area contributed by atoms with Crippen LogP contribution < -0.4 is 4.72 Å². The van der Waals surface area contributed by atoms with Gasteiger partial charge in [-0.1, -0.05) is 0 Å². The van der Waals surface area contributed by atoms with Gasteiger partial charge in [0.1, 0.15) is 4.90 Å². The minimum atomic E-state index is -3.57. The highest BCUT2D eigenvalue weighted by Crippen LogP contribution is 2.17. The second-order valence-corrected chi connectivity index (χ2v) is 7.04. The van der Waals surface area contributed by atoms with Crippen molar-refractivity contribution in [1.82, 2.24) is 19.4 Å².